The van der Waals surface area contributed by atoms with E-state index in [2.05, 4.69) is 0 Å². The van der Waals surface area contributed by atoms with Crippen LogP contribution in [-0.4, -0.2) is 42.0 Å². The number of hydrogen-bond donors (Lipinski definition) is 0. The van der Waals surface area contributed by atoms with Crippen LogP contribution in [0.15, 0.2) is 0 Å². The Hall–Kier alpha value is 0.620. The molecule has 0 bridgehead atoms. The summed E-state index contributed by atoms with van der Waals surface area (Å²) in [5.41, 5.74) is 0. The highest BCUT2D eigenvalue weighted by molar-refractivity contribution is 8.06. The zero-order valence-corrected chi connectivity index (χ0v) is 7.96. The van der Waals surface area contributed by atoms with Gasteiger partial charge in [-0.25, -0.2) is 0 Å². The van der Waals surface area contributed by atoms with E-state index < -0.39 is 0 Å². The quantitative estimate of drug-likeness (QED) is 0.621. The lowest BCUT2D eigenvalue weighted by atomic mass is 10.4. The Morgan fingerprint density at radius 2 is 1.91 bits per heavy atom. The molecule has 0 spiro atoms. The molecule has 0 aliphatic carbocycles. The summed E-state index contributed by atoms with van der Waals surface area (Å²) in [7, 11) is 0. The van der Waals surface area contributed by atoms with E-state index in [4.69, 9.17) is 9.47 Å². The smallest absolute Gasteiger partial charge is 0.170 e. The fourth-order valence-corrected chi connectivity index (χ4v) is 3.96. The third-order valence-electron chi connectivity index (χ3n) is 1.79. The van der Waals surface area contributed by atoms with Crippen LogP contribution in [0.5, 0.6) is 0 Å². The van der Waals surface area contributed by atoms with Crippen LogP contribution in [0.4, 0.5) is 0 Å². The zero-order valence-electron chi connectivity index (χ0n) is 6.32. The fourth-order valence-electron chi connectivity index (χ4n) is 1.25. The summed E-state index contributed by atoms with van der Waals surface area (Å²) in [6.45, 7) is 1.57. The molecule has 0 aromatic rings. The molecule has 1 atom stereocenters. The first-order valence-electron chi connectivity index (χ1n) is 3.89. The molecule has 11 heavy (non-hydrogen) atoms. The van der Waals surface area contributed by atoms with Gasteiger partial charge in [-0.05, 0) is 0 Å². The third-order valence-corrected chi connectivity index (χ3v) is 4.61. The number of rotatable bonds is 1. The van der Waals surface area contributed by atoms with E-state index in [9.17, 15) is 0 Å². The first-order valence-corrected chi connectivity index (χ1v) is 6.10. The normalized spacial score (nSPS) is 34.4. The average Bonchev–Trinajstić information content (AvgIpc) is 2.58. The second-order valence-electron chi connectivity index (χ2n) is 2.59. The molecule has 2 nitrogen and oxygen atoms in total. The number of ether oxygens (including phenoxy) is 2. The van der Waals surface area contributed by atoms with Crippen molar-refractivity contribution in [2.75, 3.05) is 30.5 Å². The lowest BCUT2D eigenvalue weighted by Gasteiger charge is -2.24. The standard InChI is InChI=1S/C7H12O2S2/c1-2-9-7(8-1)6-5-10-3-4-11-6/h6-7H,1-5H2. The van der Waals surface area contributed by atoms with E-state index in [0.29, 0.717) is 5.25 Å². The maximum Gasteiger partial charge on any atom is 0.170 e. The van der Waals surface area contributed by atoms with Crippen LogP contribution in [0, 0.1) is 0 Å². The van der Waals surface area contributed by atoms with Gasteiger partial charge in [-0.2, -0.15) is 23.5 Å². The zero-order chi connectivity index (χ0) is 7.52. The lowest BCUT2D eigenvalue weighted by molar-refractivity contribution is -0.0378. The van der Waals surface area contributed by atoms with Crippen molar-refractivity contribution in [2.24, 2.45) is 0 Å². The highest BCUT2D eigenvalue weighted by atomic mass is 32.2. The largest absolute Gasteiger partial charge is 0.349 e. The van der Waals surface area contributed by atoms with E-state index >= 15 is 0 Å². The minimum absolute atomic E-state index is 0.0906. The van der Waals surface area contributed by atoms with Crippen LogP contribution in [0.2, 0.25) is 0 Å². The maximum atomic E-state index is 5.44. The van der Waals surface area contributed by atoms with Gasteiger partial charge in [-0.15, -0.1) is 0 Å². The Kier molecular flexibility index (Phi) is 3.01. The van der Waals surface area contributed by atoms with Gasteiger partial charge in [0.05, 0.1) is 18.5 Å². The molecule has 2 rings (SSSR count). The van der Waals surface area contributed by atoms with Crippen molar-refractivity contribution in [1.82, 2.24) is 0 Å². The van der Waals surface area contributed by atoms with Gasteiger partial charge in [0.2, 0.25) is 0 Å². The maximum absolute atomic E-state index is 5.44. The van der Waals surface area contributed by atoms with Gasteiger partial charge in [0.25, 0.3) is 0 Å². The molecule has 0 amide bonds. The van der Waals surface area contributed by atoms with Crippen molar-refractivity contribution in [2.45, 2.75) is 11.5 Å². The Morgan fingerprint density at radius 3 is 2.55 bits per heavy atom. The molecule has 0 saturated carbocycles. The Balaban J connectivity index is 1.82. The predicted octanol–water partition coefficient (Wildman–Crippen LogP) is 1.21. The van der Waals surface area contributed by atoms with Crippen molar-refractivity contribution < 1.29 is 9.47 Å². The van der Waals surface area contributed by atoms with Gasteiger partial charge >= 0.3 is 0 Å². The van der Waals surface area contributed by atoms with E-state index in [-0.39, 0.29) is 6.29 Å². The molecular formula is C7H12O2S2. The van der Waals surface area contributed by atoms with Crippen molar-refractivity contribution in [3.63, 3.8) is 0 Å². The minimum atomic E-state index is 0.0906. The average molecular weight is 192 g/mol. The van der Waals surface area contributed by atoms with Crippen molar-refractivity contribution in [1.29, 1.82) is 0 Å². The van der Waals surface area contributed by atoms with Crippen LogP contribution < -0.4 is 0 Å². The molecule has 2 aliphatic rings. The molecule has 2 fully saturated rings. The molecule has 0 radical (unpaired) electrons. The molecule has 2 heterocycles. The Labute approximate surface area is 75.4 Å². The van der Waals surface area contributed by atoms with Crippen LogP contribution in [0.3, 0.4) is 0 Å². The van der Waals surface area contributed by atoms with E-state index in [1.54, 1.807) is 0 Å². The van der Waals surface area contributed by atoms with E-state index in [1.807, 2.05) is 23.5 Å². The second-order valence-corrected chi connectivity index (χ2v) is 5.09. The summed E-state index contributed by atoms with van der Waals surface area (Å²) in [5, 5.41) is 0.580. The highest BCUT2D eigenvalue weighted by Crippen LogP contribution is 2.29. The molecule has 2 aliphatic heterocycles. The predicted molar refractivity (Wildman–Crippen MR) is 49.3 cm³/mol. The fraction of sp³-hybridized carbons (Fsp3) is 1.00. The molecule has 64 valence electrons. The molecule has 2 saturated heterocycles. The first-order chi connectivity index (χ1) is 5.47. The highest BCUT2D eigenvalue weighted by Gasteiger charge is 2.28. The number of hydrogen-bond acceptors (Lipinski definition) is 4. The summed E-state index contributed by atoms with van der Waals surface area (Å²) in [6.07, 6.45) is 0.0906. The van der Waals surface area contributed by atoms with Gasteiger partial charge < -0.3 is 9.47 Å². The van der Waals surface area contributed by atoms with Crippen molar-refractivity contribution in [3.8, 4) is 0 Å². The molecule has 0 aromatic heterocycles. The van der Waals surface area contributed by atoms with Crippen molar-refractivity contribution >= 4 is 23.5 Å². The summed E-state index contributed by atoms with van der Waals surface area (Å²) < 4.78 is 10.9. The van der Waals surface area contributed by atoms with Crippen LogP contribution in [0.1, 0.15) is 0 Å². The Bertz CT molecular complexity index is 120. The van der Waals surface area contributed by atoms with Crippen molar-refractivity contribution in [3.05, 3.63) is 0 Å². The Morgan fingerprint density at radius 1 is 1.09 bits per heavy atom. The van der Waals surface area contributed by atoms with Crippen LogP contribution in [-0.2, 0) is 9.47 Å². The summed E-state index contributed by atoms with van der Waals surface area (Å²) >= 11 is 4.00. The summed E-state index contributed by atoms with van der Waals surface area (Å²) in [6, 6.07) is 0. The second kappa shape index (κ2) is 4.03. The van der Waals surface area contributed by atoms with Gasteiger partial charge in [0, 0.05) is 17.3 Å². The lowest BCUT2D eigenvalue weighted by Crippen LogP contribution is -2.29. The monoisotopic (exact) mass is 192 g/mol. The SMILES string of the molecule is C1COC(C2CSCCS2)O1. The minimum Gasteiger partial charge on any atom is -0.349 e. The molecule has 0 aromatic carbocycles. The molecule has 1 unspecified atom stereocenters. The van der Waals surface area contributed by atoms with Crippen LogP contribution in [0.25, 0.3) is 0 Å². The summed E-state index contributed by atoms with van der Waals surface area (Å²) in [5.74, 6) is 3.72. The first kappa shape index (κ1) is 8.23. The number of thioether (sulfide) groups is 2. The molecule has 0 N–H and O–H groups in total. The van der Waals surface area contributed by atoms with E-state index in [1.165, 1.54) is 17.3 Å². The van der Waals surface area contributed by atoms with Crippen LogP contribution >= 0.6 is 23.5 Å². The summed E-state index contributed by atoms with van der Waals surface area (Å²) in [4.78, 5) is 0. The molecular weight excluding hydrogens is 180 g/mol. The van der Waals surface area contributed by atoms with Gasteiger partial charge in [0.15, 0.2) is 6.29 Å². The van der Waals surface area contributed by atoms with Gasteiger partial charge in [-0.3, -0.25) is 0 Å². The molecule has 4 heteroatoms. The third kappa shape index (κ3) is 2.05. The van der Waals surface area contributed by atoms with Gasteiger partial charge in [0.1, 0.15) is 0 Å². The van der Waals surface area contributed by atoms with Gasteiger partial charge in [-0.1, -0.05) is 0 Å². The topological polar surface area (TPSA) is 18.5 Å². The van der Waals surface area contributed by atoms with E-state index in [0.717, 1.165) is 13.2 Å².